The smallest absolute Gasteiger partial charge is 0.241 e. The van der Waals surface area contributed by atoms with Gasteiger partial charge in [0.05, 0.1) is 4.90 Å². The Bertz CT molecular complexity index is 1010. The Morgan fingerprint density at radius 2 is 1.96 bits per heavy atom. The minimum Gasteiger partial charge on any atom is -0.264 e. The number of hydrogen-bond acceptors (Lipinski definition) is 5. The minimum absolute atomic E-state index is 0.244. The molecule has 2 heterocycles. The zero-order valence-electron chi connectivity index (χ0n) is 15.0. The molecule has 26 heavy (non-hydrogen) atoms. The fourth-order valence-electron chi connectivity index (χ4n) is 2.68. The van der Waals surface area contributed by atoms with Gasteiger partial charge in [-0.1, -0.05) is 6.07 Å². The van der Waals surface area contributed by atoms with Crippen LogP contribution < -0.4 is 4.72 Å². The highest BCUT2D eigenvalue weighted by Crippen LogP contribution is 2.29. The molecule has 0 aliphatic carbocycles. The lowest BCUT2D eigenvalue weighted by atomic mass is 10.0. The third-order valence-corrected chi connectivity index (χ3v) is 5.80. The topological polar surface area (TPSA) is 89.8 Å². The maximum atomic E-state index is 12.9. The van der Waals surface area contributed by atoms with Gasteiger partial charge in [0.25, 0.3) is 0 Å². The number of nitrogens with one attached hydrogen (secondary N) is 1. The van der Waals surface area contributed by atoms with Crippen LogP contribution in [0.4, 0.5) is 0 Å². The number of sulfonamides is 1. The second-order valence-electron chi connectivity index (χ2n) is 6.12. The highest BCUT2D eigenvalue weighted by atomic mass is 32.2. The van der Waals surface area contributed by atoms with Crippen LogP contribution in [0.3, 0.4) is 0 Å². The van der Waals surface area contributed by atoms with E-state index in [2.05, 4.69) is 19.8 Å². The molecule has 0 radical (unpaired) electrons. The number of aromatic nitrogens is 4. The number of hydrogen-bond donors (Lipinski definition) is 1. The summed E-state index contributed by atoms with van der Waals surface area (Å²) < 4.78 is 30.2. The van der Waals surface area contributed by atoms with Gasteiger partial charge in [0.15, 0.2) is 0 Å². The molecule has 0 unspecified atom stereocenters. The Kier molecular flexibility index (Phi) is 5.15. The molecule has 0 spiro atoms. The first-order valence-corrected chi connectivity index (χ1v) is 9.71. The molecule has 8 heteroatoms. The van der Waals surface area contributed by atoms with E-state index in [1.165, 1.54) is 6.33 Å². The number of rotatable bonds is 6. The SMILES string of the molecule is Cc1cc(-c2cccnc2)c(S(=O)(=O)NCCc2ncnn2C)cc1C. The van der Waals surface area contributed by atoms with Crippen LogP contribution in [0, 0.1) is 13.8 Å². The first-order valence-electron chi connectivity index (χ1n) is 8.22. The van der Waals surface area contributed by atoms with Crippen LogP contribution in [0.15, 0.2) is 47.9 Å². The van der Waals surface area contributed by atoms with Crippen molar-refractivity contribution in [1.29, 1.82) is 0 Å². The highest BCUT2D eigenvalue weighted by molar-refractivity contribution is 7.89. The first-order chi connectivity index (χ1) is 12.4. The molecular formula is C18H21N5O2S. The van der Waals surface area contributed by atoms with E-state index in [0.29, 0.717) is 12.0 Å². The predicted octanol–water partition coefficient (Wildman–Crippen LogP) is 2.01. The standard InChI is InChI=1S/C18H21N5O2S/c1-13-9-16(15-5-4-7-19-11-15)17(10-14(13)2)26(24,25)22-8-6-18-20-12-21-23(18)3/h4-5,7,9-12,22H,6,8H2,1-3H3. The lowest BCUT2D eigenvalue weighted by Crippen LogP contribution is -2.27. The average molecular weight is 371 g/mol. The van der Waals surface area contributed by atoms with Crippen molar-refractivity contribution < 1.29 is 8.42 Å². The second-order valence-corrected chi connectivity index (χ2v) is 7.86. The van der Waals surface area contributed by atoms with Crippen LogP contribution in [0.2, 0.25) is 0 Å². The molecule has 7 nitrogen and oxygen atoms in total. The number of nitrogens with zero attached hydrogens (tertiary/aromatic N) is 4. The average Bonchev–Trinajstić information content (AvgIpc) is 3.02. The Hall–Kier alpha value is -2.58. The maximum absolute atomic E-state index is 12.9. The normalized spacial score (nSPS) is 11.7. The third-order valence-electron chi connectivity index (χ3n) is 4.30. The molecule has 0 atom stereocenters. The van der Waals surface area contributed by atoms with Gasteiger partial charge in [0, 0.05) is 43.5 Å². The lowest BCUT2D eigenvalue weighted by Gasteiger charge is -2.14. The van der Waals surface area contributed by atoms with Crippen LogP contribution >= 0.6 is 0 Å². The quantitative estimate of drug-likeness (QED) is 0.716. The molecule has 3 rings (SSSR count). The van der Waals surface area contributed by atoms with Crippen LogP contribution in [0.25, 0.3) is 11.1 Å². The Labute approximate surface area is 153 Å². The van der Waals surface area contributed by atoms with Crippen LogP contribution in [0.1, 0.15) is 17.0 Å². The van der Waals surface area contributed by atoms with E-state index in [1.807, 2.05) is 26.0 Å². The maximum Gasteiger partial charge on any atom is 0.241 e. The Balaban J connectivity index is 1.91. The van der Waals surface area contributed by atoms with Crippen molar-refractivity contribution in [3.05, 3.63) is 59.9 Å². The molecule has 0 saturated carbocycles. The van der Waals surface area contributed by atoms with Crippen LogP contribution in [-0.4, -0.2) is 34.7 Å². The lowest BCUT2D eigenvalue weighted by molar-refractivity contribution is 0.579. The highest BCUT2D eigenvalue weighted by Gasteiger charge is 2.20. The summed E-state index contributed by atoms with van der Waals surface area (Å²) in [5.74, 6) is 0.722. The van der Waals surface area contributed by atoms with Crippen LogP contribution in [0.5, 0.6) is 0 Å². The zero-order valence-corrected chi connectivity index (χ0v) is 15.8. The van der Waals surface area contributed by atoms with Crippen molar-refractivity contribution in [2.24, 2.45) is 7.05 Å². The van der Waals surface area contributed by atoms with E-state index in [0.717, 1.165) is 22.5 Å². The van der Waals surface area contributed by atoms with Crippen molar-refractivity contribution in [2.45, 2.75) is 25.2 Å². The van der Waals surface area contributed by atoms with E-state index < -0.39 is 10.0 Å². The van der Waals surface area contributed by atoms with Gasteiger partial charge in [0.1, 0.15) is 12.2 Å². The third kappa shape index (κ3) is 3.81. The molecule has 0 fully saturated rings. The second kappa shape index (κ2) is 7.35. The molecule has 1 N–H and O–H groups in total. The molecule has 0 aliphatic heterocycles. The monoisotopic (exact) mass is 371 g/mol. The van der Waals surface area contributed by atoms with Gasteiger partial charge in [-0.15, -0.1) is 0 Å². The molecular weight excluding hydrogens is 350 g/mol. The fraction of sp³-hybridized carbons (Fsp3) is 0.278. The van der Waals surface area contributed by atoms with Crippen molar-refractivity contribution >= 4 is 10.0 Å². The molecule has 2 aromatic heterocycles. The summed E-state index contributed by atoms with van der Waals surface area (Å²) in [5, 5.41) is 3.99. The number of pyridine rings is 1. The van der Waals surface area contributed by atoms with E-state index in [-0.39, 0.29) is 11.4 Å². The van der Waals surface area contributed by atoms with Crippen molar-refractivity contribution in [1.82, 2.24) is 24.5 Å². The van der Waals surface area contributed by atoms with Gasteiger partial charge in [-0.25, -0.2) is 18.1 Å². The largest absolute Gasteiger partial charge is 0.264 e. The summed E-state index contributed by atoms with van der Waals surface area (Å²) in [6, 6.07) is 7.25. The van der Waals surface area contributed by atoms with E-state index >= 15 is 0 Å². The molecule has 1 aromatic carbocycles. The van der Waals surface area contributed by atoms with Gasteiger partial charge in [-0.2, -0.15) is 5.10 Å². The molecule has 3 aromatic rings. The van der Waals surface area contributed by atoms with Gasteiger partial charge in [-0.3, -0.25) is 9.67 Å². The first kappa shape index (κ1) is 18.2. The molecule has 0 saturated heterocycles. The van der Waals surface area contributed by atoms with E-state index in [9.17, 15) is 8.42 Å². The Morgan fingerprint density at radius 1 is 1.19 bits per heavy atom. The zero-order chi connectivity index (χ0) is 18.7. The van der Waals surface area contributed by atoms with E-state index in [1.54, 1.807) is 36.3 Å². The van der Waals surface area contributed by atoms with Crippen molar-refractivity contribution in [3.8, 4) is 11.1 Å². The Morgan fingerprint density at radius 3 is 2.62 bits per heavy atom. The molecule has 0 aliphatic rings. The summed E-state index contributed by atoms with van der Waals surface area (Å²) in [7, 11) is -1.90. The fourth-order valence-corrected chi connectivity index (χ4v) is 4.01. The predicted molar refractivity (Wildman–Crippen MR) is 99.0 cm³/mol. The van der Waals surface area contributed by atoms with Crippen molar-refractivity contribution in [2.75, 3.05) is 6.54 Å². The number of benzene rings is 1. The summed E-state index contributed by atoms with van der Waals surface area (Å²) in [6.07, 6.45) is 5.25. The van der Waals surface area contributed by atoms with Crippen molar-refractivity contribution in [3.63, 3.8) is 0 Å². The van der Waals surface area contributed by atoms with Gasteiger partial charge in [-0.05, 0) is 43.2 Å². The summed E-state index contributed by atoms with van der Waals surface area (Å²) in [4.78, 5) is 8.47. The molecule has 0 bridgehead atoms. The van der Waals surface area contributed by atoms with Crippen LogP contribution in [-0.2, 0) is 23.5 Å². The van der Waals surface area contributed by atoms with Gasteiger partial charge in [0.2, 0.25) is 10.0 Å². The van der Waals surface area contributed by atoms with E-state index in [4.69, 9.17) is 0 Å². The minimum atomic E-state index is -3.68. The molecule has 0 amide bonds. The summed E-state index contributed by atoms with van der Waals surface area (Å²) in [5.41, 5.74) is 3.37. The van der Waals surface area contributed by atoms with Gasteiger partial charge < -0.3 is 0 Å². The number of aryl methyl sites for hydroxylation is 3. The molecule has 136 valence electrons. The summed E-state index contributed by atoms with van der Waals surface area (Å²) in [6.45, 7) is 4.11. The van der Waals surface area contributed by atoms with Gasteiger partial charge >= 0.3 is 0 Å². The summed E-state index contributed by atoms with van der Waals surface area (Å²) >= 11 is 0.